The number of carboxylic acids is 1. The number of hydrogen-bond donors (Lipinski definition) is 2. The lowest BCUT2D eigenvalue weighted by Gasteiger charge is -2.32. The van der Waals surface area contributed by atoms with Crippen LogP contribution in [-0.4, -0.2) is 45.3 Å². The number of ether oxygens (including phenoxy) is 2. The third kappa shape index (κ3) is 6.29. The maximum atomic E-state index is 15.0. The number of aliphatic hydroxyl groups is 1. The number of aryl methyl sites for hydroxylation is 1. The number of aliphatic hydroxyl groups excluding tert-OH is 1. The summed E-state index contributed by atoms with van der Waals surface area (Å²) in [6, 6.07) is 13.6. The number of aromatic nitrogens is 1. The summed E-state index contributed by atoms with van der Waals surface area (Å²) in [5.41, 5.74) is 4.68. The summed E-state index contributed by atoms with van der Waals surface area (Å²) in [5.74, 6) is -1.42. The van der Waals surface area contributed by atoms with Crippen molar-refractivity contribution in [1.29, 1.82) is 0 Å². The predicted molar refractivity (Wildman–Crippen MR) is 152 cm³/mol. The Morgan fingerprint density at radius 1 is 1.10 bits per heavy atom. The second kappa shape index (κ2) is 12.4. The van der Waals surface area contributed by atoms with Crippen LogP contribution in [-0.2, 0) is 17.8 Å². The molecule has 1 aliphatic heterocycles. The van der Waals surface area contributed by atoms with Gasteiger partial charge in [0.15, 0.2) is 0 Å². The van der Waals surface area contributed by atoms with Crippen molar-refractivity contribution in [1.82, 2.24) is 9.88 Å². The molecule has 3 aromatic rings. The van der Waals surface area contributed by atoms with Crippen molar-refractivity contribution in [2.24, 2.45) is 5.92 Å². The molecule has 0 aliphatic carbocycles. The number of fused-ring (bicyclic) bond motifs is 1. The molecule has 2 N–H and O–H groups in total. The Hall–Kier alpha value is -3.49. The quantitative estimate of drug-likeness (QED) is 0.305. The zero-order chi connectivity index (χ0) is 29.1. The van der Waals surface area contributed by atoms with Crippen LogP contribution in [0.2, 0.25) is 0 Å². The summed E-state index contributed by atoms with van der Waals surface area (Å²) < 4.78 is 26.8. The van der Waals surface area contributed by atoms with Gasteiger partial charge in [-0.05, 0) is 81.3 Å². The average Bonchev–Trinajstić information content (AvgIpc) is 2.94. The minimum Gasteiger partial charge on any atom is -0.485 e. The van der Waals surface area contributed by atoms with Gasteiger partial charge in [-0.3, -0.25) is 9.69 Å². The van der Waals surface area contributed by atoms with E-state index in [9.17, 15) is 15.0 Å². The van der Waals surface area contributed by atoms with Crippen molar-refractivity contribution in [2.75, 3.05) is 7.11 Å². The van der Waals surface area contributed by atoms with Crippen molar-refractivity contribution in [3.05, 3.63) is 76.7 Å². The molecule has 1 aliphatic rings. The van der Waals surface area contributed by atoms with Gasteiger partial charge in [-0.15, -0.1) is 0 Å². The fraction of sp³-hybridized carbons (Fsp3) is 0.438. The molecule has 8 heteroatoms. The van der Waals surface area contributed by atoms with Crippen LogP contribution < -0.4 is 9.47 Å². The van der Waals surface area contributed by atoms with E-state index in [-0.39, 0.29) is 18.2 Å². The number of carboxylic acid groups (broad SMARTS) is 1. The molecule has 0 radical (unpaired) electrons. The SMILES string of the molecule is COc1cc(-c2ccc([C@H]3CCc4ccc([C@H](O)[C@H](C)C(=O)O)cc4O3)cc2CN(C(C)C)C(C)C)c(F)cn1. The van der Waals surface area contributed by atoms with E-state index in [4.69, 9.17) is 9.47 Å². The van der Waals surface area contributed by atoms with Crippen LogP contribution in [0.4, 0.5) is 4.39 Å². The number of halogens is 1. The summed E-state index contributed by atoms with van der Waals surface area (Å²) in [6.07, 6.45) is 1.35. The molecule has 2 heterocycles. The van der Waals surface area contributed by atoms with Crippen LogP contribution in [0.1, 0.15) is 75.5 Å². The van der Waals surface area contributed by atoms with E-state index >= 15 is 4.39 Å². The maximum absolute atomic E-state index is 15.0. The highest BCUT2D eigenvalue weighted by Crippen LogP contribution is 2.39. The zero-order valence-corrected chi connectivity index (χ0v) is 24.0. The zero-order valence-electron chi connectivity index (χ0n) is 24.0. The number of hydrogen-bond acceptors (Lipinski definition) is 6. The summed E-state index contributed by atoms with van der Waals surface area (Å²) in [6.45, 7) is 10.7. The summed E-state index contributed by atoms with van der Waals surface area (Å²) in [7, 11) is 1.51. The molecule has 0 saturated heterocycles. The first-order valence-electron chi connectivity index (χ1n) is 13.8. The topological polar surface area (TPSA) is 92.1 Å². The monoisotopic (exact) mass is 550 g/mol. The molecule has 2 aromatic carbocycles. The van der Waals surface area contributed by atoms with Crippen LogP contribution in [0.5, 0.6) is 11.6 Å². The van der Waals surface area contributed by atoms with Gasteiger partial charge in [0.05, 0.1) is 25.3 Å². The van der Waals surface area contributed by atoms with Crippen molar-refractivity contribution in [3.8, 4) is 22.8 Å². The largest absolute Gasteiger partial charge is 0.485 e. The normalized spacial score (nSPS) is 16.5. The van der Waals surface area contributed by atoms with Gasteiger partial charge in [0.25, 0.3) is 0 Å². The second-order valence-corrected chi connectivity index (χ2v) is 11.1. The Labute approximate surface area is 235 Å². The number of rotatable bonds is 10. The molecule has 3 atom stereocenters. The first kappa shape index (κ1) is 29.5. The number of pyridine rings is 1. The van der Waals surface area contributed by atoms with Crippen LogP contribution in [0.3, 0.4) is 0 Å². The van der Waals surface area contributed by atoms with E-state index in [1.54, 1.807) is 18.2 Å². The lowest BCUT2D eigenvalue weighted by Crippen LogP contribution is -2.36. The standard InChI is InChI=1S/C32H39FN2O5/c1-18(2)35(19(3)4)17-24-13-22(9-11-25(24)26-15-30(39-6)34-16-27(26)33)28-12-10-21-7-8-23(14-29(21)40-28)31(36)20(5)32(37)38/h7-9,11,13-16,18-20,28,31,36H,10,12,17H2,1-6H3,(H,37,38)/t20-,28+,31+/m0/s1. The van der Waals surface area contributed by atoms with E-state index in [0.29, 0.717) is 29.3 Å². The minimum absolute atomic E-state index is 0.243. The van der Waals surface area contributed by atoms with Gasteiger partial charge < -0.3 is 19.7 Å². The van der Waals surface area contributed by atoms with Crippen LogP contribution in [0, 0.1) is 11.7 Å². The fourth-order valence-electron chi connectivity index (χ4n) is 5.33. The maximum Gasteiger partial charge on any atom is 0.309 e. The molecule has 1 aromatic heterocycles. The Bertz CT molecular complexity index is 1350. The van der Waals surface area contributed by atoms with Crippen molar-refractivity contribution in [3.63, 3.8) is 0 Å². The van der Waals surface area contributed by atoms with Crippen molar-refractivity contribution >= 4 is 5.97 Å². The van der Waals surface area contributed by atoms with E-state index in [1.807, 2.05) is 18.2 Å². The fourth-order valence-corrected chi connectivity index (χ4v) is 5.33. The van der Waals surface area contributed by atoms with Gasteiger partial charge in [0, 0.05) is 30.3 Å². The molecule has 0 unspecified atom stereocenters. The second-order valence-electron chi connectivity index (χ2n) is 11.1. The molecular formula is C32H39FN2O5. The number of methoxy groups -OCH3 is 1. The Balaban J connectivity index is 1.71. The van der Waals surface area contributed by atoms with Crippen LogP contribution in [0.25, 0.3) is 11.1 Å². The third-order valence-electron chi connectivity index (χ3n) is 7.75. The smallest absolute Gasteiger partial charge is 0.309 e. The lowest BCUT2D eigenvalue weighted by molar-refractivity contribution is -0.145. The molecule has 0 spiro atoms. The third-order valence-corrected chi connectivity index (χ3v) is 7.75. The molecule has 7 nitrogen and oxygen atoms in total. The summed E-state index contributed by atoms with van der Waals surface area (Å²) >= 11 is 0. The predicted octanol–water partition coefficient (Wildman–Crippen LogP) is 6.34. The van der Waals surface area contributed by atoms with Crippen LogP contribution >= 0.6 is 0 Å². The number of carbonyl (C=O) groups is 1. The molecular weight excluding hydrogens is 511 g/mol. The Morgan fingerprint density at radius 3 is 2.48 bits per heavy atom. The van der Waals surface area contributed by atoms with Gasteiger partial charge in [0.1, 0.15) is 17.7 Å². The van der Waals surface area contributed by atoms with Gasteiger partial charge in [-0.2, -0.15) is 0 Å². The molecule has 214 valence electrons. The lowest BCUT2D eigenvalue weighted by atomic mass is 9.90. The highest BCUT2D eigenvalue weighted by molar-refractivity contribution is 5.71. The number of aliphatic carboxylic acids is 1. The Kier molecular flexibility index (Phi) is 9.11. The number of nitrogens with zero attached hydrogens (tertiary/aromatic N) is 2. The molecule has 0 saturated carbocycles. The first-order chi connectivity index (χ1) is 19.0. The van der Waals surface area contributed by atoms with E-state index in [1.165, 1.54) is 20.2 Å². The summed E-state index contributed by atoms with van der Waals surface area (Å²) in [5, 5.41) is 19.9. The number of benzene rings is 2. The minimum atomic E-state index is -1.14. The molecule has 40 heavy (non-hydrogen) atoms. The molecule has 0 amide bonds. The van der Waals surface area contributed by atoms with Gasteiger partial charge in [-0.25, -0.2) is 9.37 Å². The Morgan fingerprint density at radius 2 is 1.82 bits per heavy atom. The average molecular weight is 551 g/mol. The van der Waals surface area contributed by atoms with E-state index in [0.717, 1.165) is 35.1 Å². The van der Waals surface area contributed by atoms with Gasteiger partial charge in [-0.1, -0.05) is 30.3 Å². The van der Waals surface area contributed by atoms with E-state index < -0.39 is 23.8 Å². The molecule has 0 fully saturated rings. The van der Waals surface area contributed by atoms with Crippen LogP contribution in [0.15, 0.2) is 48.7 Å². The molecule has 4 rings (SSSR count). The first-order valence-corrected chi connectivity index (χ1v) is 13.8. The molecule has 0 bridgehead atoms. The van der Waals surface area contributed by atoms with Gasteiger partial charge in [0.2, 0.25) is 5.88 Å². The van der Waals surface area contributed by atoms with E-state index in [2.05, 4.69) is 43.6 Å². The highest BCUT2D eigenvalue weighted by Gasteiger charge is 2.27. The summed E-state index contributed by atoms with van der Waals surface area (Å²) in [4.78, 5) is 17.7. The van der Waals surface area contributed by atoms with Gasteiger partial charge >= 0.3 is 5.97 Å². The van der Waals surface area contributed by atoms with Crippen molar-refractivity contribution in [2.45, 2.75) is 78.3 Å². The highest BCUT2D eigenvalue weighted by atomic mass is 19.1. The van der Waals surface area contributed by atoms with Crippen molar-refractivity contribution < 1.29 is 28.9 Å².